The van der Waals surface area contributed by atoms with Crippen LogP contribution in [0.1, 0.15) is 46.5 Å². The van der Waals surface area contributed by atoms with Crippen LogP contribution in [0.5, 0.6) is 0 Å². The van der Waals surface area contributed by atoms with Gasteiger partial charge in [0.2, 0.25) is 0 Å². The van der Waals surface area contributed by atoms with E-state index in [2.05, 4.69) is 11.9 Å². The summed E-state index contributed by atoms with van der Waals surface area (Å²) < 4.78 is 5.46. The number of hydrogen-bond donors (Lipinski definition) is 0. The summed E-state index contributed by atoms with van der Waals surface area (Å²) in [5, 5.41) is 0. The number of nitrogens with zero attached hydrogens (tertiary/aromatic N) is 2. The maximum Gasteiger partial charge on any atom is 0.410 e. The van der Waals surface area contributed by atoms with Crippen LogP contribution in [0.3, 0.4) is 0 Å². The lowest BCUT2D eigenvalue weighted by Gasteiger charge is -2.42. The second-order valence-corrected chi connectivity index (χ2v) is 6.75. The van der Waals surface area contributed by atoms with Crippen molar-refractivity contribution < 1.29 is 9.53 Å². The molecule has 18 heavy (non-hydrogen) atoms. The summed E-state index contributed by atoms with van der Waals surface area (Å²) in [6, 6.07) is 0. The summed E-state index contributed by atoms with van der Waals surface area (Å²) in [5.74, 6) is 0. The first-order valence-corrected chi connectivity index (χ1v) is 7.02. The van der Waals surface area contributed by atoms with Gasteiger partial charge in [-0.05, 0) is 53.6 Å². The van der Waals surface area contributed by atoms with Gasteiger partial charge in [-0.3, -0.25) is 4.90 Å². The Bertz CT molecular complexity index is 324. The van der Waals surface area contributed by atoms with Crippen LogP contribution in [-0.2, 0) is 4.74 Å². The van der Waals surface area contributed by atoms with E-state index in [0.29, 0.717) is 0 Å². The molecule has 1 spiro atoms. The normalized spacial score (nSPS) is 29.9. The molecule has 0 aromatic rings. The molecule has 0 aromatic heterocycles. The Morgan fingerprint density at radius 2 is 1.89 bits per heavy atom. The quantitative estimate of drug-likeness (QED) is 0.666. The molecule has 2 aliphatic rings. The number of ether oxygens (including phenoxy) is 1. The minimum absolute atomic E-state index is 0.154. The highest BCUT2D eigenvalue weighted by atomic mass is 16.6. The summed E-state index contributed by atoms with van der Waals surface area (Å²) in [6.07, 6.45) is 4.71. The Morgan fingerprint density at radius 1 is 1.17 bits per heavy atom. The third kappa shape index (κ3) is 2.79. The molecular formula is C14H26N2O2. The van der Waals surface area contributed by atoms with E-state index in [1.807, 2.05) is 25.7 Å². The number of rotatable bonds is 0. The van der Waals surface area contributed by atoms with Gasteiger partial charge >= 0.3 is 6.09 Å². The Balaban J connectivity index is 1.97. The fourth-order valence-electron chi connectivity index (χ4n) is 3.09. The minimum atomic E-state index is -0.398. The molecule has 1 amide bonds. The molecule has 1 unspecified atom stereocenters. The number of carbonyl (C=O) groups is 1. The van der Waals surface area contributed by atoms with E-state index in [1.54, 1.807) is 0 Å². The van der Waals surface area contributed by atoms with E-state index in [-0.39, 0.29) is 11.6 Å². The van der Waals surface area contributed by atoms with Gasteiger partial charge in [0.1, 0.15) is 5.60 Å². The van der Waals surface area contributed by atoms with E-state index in [4.69, 9.17) is 4.74 Å². The van der Waals surface area contributed by atoms with Crippen molar-refractivity contribution in [3.63, 3.8) is 0 Å². The lowest BCUT2D eigenvalue weighted by atomic mass is 9.86. The van der Waals surface area contributed by atoms with E-state index in [9.17, 15) is 4.79 Å². The van der Waals surface area contributed by atoms with Gasteiger partial charge in [-0.25, -0.2) is 4.79 Å². The van der Waals surface area contributed by atoms with Crippen molar-refractivity contribution in [2.75, 3.05) is 26.7 Å². The first-order chi connectivity index (χ1) is 8.32. The van der Waals surface area contributed by atoms with Gasteiger partial charge in [0.25, 0.3) is 0 Å². The smallest absolute Gasteiger partial charge is 0.410 e. The number of likely N-dealkylation sites (tertiary alicyclic amines) is 2. The average Bonchev–Trinajstić information content (AvgIpc) is 2.66. The Hall–Kier alpha value is -0.770. The second-order valence-electron chi connectivity index (χ2n) is 6.75. The van der Waals surface area contributed by atoms with Gasteiger partial charge in [0.05, 0.1) is 0 Å². The van der Waals surface area contributed by atoms with Gasteiger partial charge in [0.15, 0.2) is 0 Å². The zero-order valence-electron chi connectivity index (χ0n) is 12.2. The highest BCUT2D eigenvalue weighted by Crippen LogP contribution is 2.35. The second kappa shape index (κ2) is 4.72. The standard InChI is InChI=1S/C14H26N2O2/c1-13(2,3)18-12(17)16-10-8-14(11-16)7-5-6-9-15(14)4/h5-11H2,1-4H3. The average molecular weight is 254 g/mol. The molecule has 4 heteroatoms. The first kappa shape index (κ1) is 13.7. The van der Waals surface area contributed by atoms with E-state index < -0.39 is 5.60 Å². The van der Waals surface area contributed by atoms with Gasteiger partial charge in [-0.1, -0.05) is 6.42 Å². The molecule has 2 rings (SSSR count). The van der Waals surface area contributed by atoms with Crippen LogP contribution in [0, 0.1) is 0 Å². The molecule has 2 saturated heterocycles. The topological polar surface area (TPSA) is 32.8 Å². The van der Waals surface area contributed by atoms with Gasteiger partial charge in [-0.2, -0.15) is 0 Å². The molecule has 0 radical (unpaired) electrons. The van der Waals surface area contributed by atoms with E-state index >= 15 is 0 Å². The molecule has 0 saturated carbocycles. The number of likely N-dealkylation sites (N-methyl/N-ethyl adjacent to an activating group) is 1. The fourth-order valence-corrected chi connectivity index (χ4v) is 3.09. The first-order valence-electron chi connectivity index (χ1n) is 7.02. The molecule has 1 atom stereocenters. The molecule has 0 N–H and O–H groups in total. The Labute approximate surface area is 110 Å². The summed E-state index contributed by atoms with van der Waals surface area (Å²) in [6.45, 7) is 8.58. The fraction of sp³-hybridized carbons (Fsp3) is 0.929. The molecule has 2 fully saturated rings. The molecular weight excluding hydrogens is 228 g/mol. The van der Waals surface area contributed by atoms with Crippen LogP contribution in [0.25, 0.3) is 0 Å². The number of hydrogen-bond acceptors (Lipinski definition) is 3. The summed E-state index contributed by atoms with van der Waals surface area (Å²) in [4.78, 5) is 16.4. The molecule has 104 valence electrons. The van der Waals surface area contributed by atoms with Gasteiger partial charge < -0.3 is 9.64 Å². The summed E-state index contributed by atoms with van der Waals surface area (Å²) in [7, 11) is 2.19. The van der Waals surface area contributed by atoms with Crippen molar-refractivity contribution in [3.8, 4) is 0 Å². The summed E-state index contributed by atoms with van der Waals surface area (Å²) >= 11 is 0. The minimum Gasteiger partial charge on any atom is -0.444 e. The Kier molecular flexibility index (Phi) is 3.58. The zero-order chi connectivity index (χ0) is 13.4. The van der Waals surface area contributed by atoms with Crippen LogP contribution in [0.2, 0.25) is 0 Å². The van der Waals surface area contributed by atoms with Crippen LogP contribution in [0.4, 0.5) is 4.79 Å². The zero-order valence-corrected chi connectivity index (χ0v) is 12.2. The van der Waals surface area contributed by atoms with Crippen molar-refractivity contribution >= 4 is 6.09 Å². The van der Waals surface area contributed by atoms with Gasteiger partial charge in [0, 0.05) is 18.6 Å². The maximum absolute atomic E-state index is 12.1. The van der Waals surface area contributed by atoms with Crippen molar-refractivity contribution in [1.82, 2.24) is 9.80 Å². The van der Waals surface area contributed by atoms with Crippen molar-refractivity contribution in [2.24, 2.45) is 0 Å². The molecule has 0 aromatic carbocycles. The predicted molar refractivity (Wildman–Crippen MR) is 71.6 cm³/mol. The van der Waals surface area contributed by atoms with Gasteiger partial charge in [-0.15, -0.1) is 0 Å². The van der Waals surface area contributed by atoms with E-state index in [1.165, 1.54) is 19.3 Å². The molecule has 4 nitrogen and oxygen atoms in total. The highest BCUT2D eigenvalue weighted by Gasteiger charge is 2.44. The third-order valence-electron chi connectivity index (χ3n) is 4.18. The molecule has 0 aliphatic carbocycles. The highest BCUT2D eigenvalue weighted by molar-refractivity contribution is 5.68. The predicted octanol–water partition coefficient (Wildman–Crippen LogP) is 2.48. The monoisotopic (exact) mass is 254 g/mol. The van der Waals surface area contributed by atoms with Crippen molar-refractivity contribution in [3.05, 3.63) is 0 Å². The van der Waals surface area contributed by atoms with Crippen LogP contribution in [0.15, 0.2) is 0 Å². The lowest BCUT2D eigenvalue weighted by Crippen LogP contribution is -2.52. The number of amides is 1. The molecule has 2 aliphatic heterocycles. The van der Waals surface area contributed by atoms with E-state index in [0.717, 1.165) is 26.1 Å². The van der Waals surface area contributed by atoms with Crippen LogP contribution in [-0.4, -0.2) is 53.7 Å². The van der Waals surface area contributed by atoms with Crippen LogP contribution < -0.4 is 0 Å². The largest absolute Gasteiger partial charge is 0.444 e. The van der Waals surface area contributed by atoms with Crippen molar-refractivity contribution in [1.29, 1.82) is 0 Å². The lowest BCUT2D eigenvalue weighted by molar-refractivity contribution is 0.0222. The van der Waals surface area contributed by atoms with Crippen LogP contribution >= 0.6 is 0 Å². The number of carbonyl (C=O) groups excluding carboxylic acids is 1. The number of piperidine rings is 1. The summed E-state index contributed by atoms with van der Waals surface area (Å²) in [5.41, 5.74) is -0.180. The van der Waals surface area contributed by atoms with Crippen molar-refractivity contribution in [2.45, 2.75) is 57.6 Å². The molecule has 0 bridgehead atoms. The molecule has 2 heterocycles. The maximum atomic E-state index is 12.1. The Morgan fingerprint density at radius 3 is 2.50 bits per heavy atom. The third-order valence-corrected chi connectivity index (χ3v) is 4.18. The SMILES string of the molecule is CN1CCCCC12CCN(C(=O)OC(C)(C)C)C2.